The van der Waals surface area contributed by atoms with Gasteiger partial charge < -0.3 is 15.2 Å². The van der Waals surface area contributed by atoms with Crippen molar-refractivity contribution in [3.63, 3.8) is 0 Å². The third-order valence-electron chi connectivity index (χ3n) is 5.57. The second kappa shape index (κ2) is 7.33. The lowest BCUT2D eigenvalue weighted by molar-refractivity contribution is 0.120. The fourth-order valence-electron chi connectivity index (χ4n) is 4.10. The van der Waals surface area contributed by atoms with Gasteiger partial charge in [-0.2, -0.15) is 5.10 Å². The van der Waals surface area contributed by atoms with Crippen LogP contribution in [0.2, 0.25) is 5.02 Å². The molecule has 0 radical (unpaired) electrons. The third-order valence-corrected chi connectivity index (χ3v) is 5.94. The fourth-order valence-corrected chi connectivity index (χ4v) is 4.41. The maximum atomic E-state index is 14.6. The number of nitrogens with one attached hydrogen (secondary N) is 1. The summed E-state index contributed by atoms with van der Waals surface area (Å²) in [6, 6.07) is 8.03. The summed E-state index contributed by atoms with van der Waals surface area (Å²) in [7, 11) is 0. The molecule has 3 aromatic rings. The van der Waals surface area contributed by atoms with Crippen LogP contribution in [0.3, 0.4) is 0 Å². The van der Waals surface area contributed by atoms with Gasteiger partial charge in [0.25, 0.3) is 0 Å². The lowest BCUT2D eigenvalue weighted by Gasteiger charge is -2.33. The second-order valence-electron chi connectivity index (χ2n) is 7.29. The molecule has 8 heteroatoms. The number of nitrogens with zero attached hydrogens (tertiary/aromatic N) is 3. The van der Waals surface area contributed by atoms with Crippen molar-refractivity contribution in [2.45, 2.75) is 12.6 Å². The number of hydrogen-bond acceptors (Lipinski definition) is 5. The summed E-state index contributed by atoms with van der Waals surface area (Å²) in [6.07, 6.45) is 3.51. The molecule has 2 aromatic carbocycles. The molecule has 3 heterocycles. The molecule has 0 aliphatic carbocycles. The van der Waals surface area contributed by atoms with Crippen LogP contribution < -0.4 is 10.1 Å². The van der Waals surface area contributed by atoms with Gasteiger partial charge in [0.2, 0.25) is 0 Å². The van der Waals surface area contributed by atoms with Crippen molar-refractivity contribution in [3.05, 3.63) is 59.1 Å². The third kappa shape index (κ3) is 3.15. The van der Waals surface area contributed by atoms with Crippen LogP contribution in [0.4, 0.5) is 4.39 Å². The SMILES string of the molecule is Oc1cccc(F)c1-c1cc(-n2cccn2)c2c(c1Cl)OC[C@H]1CNCCN1C2. The van der Waals surface area contributed by atoms with Gasteiger partial charge >= 0.3 is 0 Å². The Balaban J connectivity index is 1.74. The Labute approximate surface area is 172 Å². The Morgan fingerprint density at radius 1 is 1.31 bits per heavy atom. The van der Waals surface area contributed by atoms with E-state index in [1.54, 1.807) is 16.9 Å². The molecule has 0 unspecified atom stereocenters. The smallest absolute Gasteiger partial charge is 0.145 e. The number of piperazine rings is 1. The zero-order chi connectivity index (χ0) is 20.0. The number of aromatic nitrogens is 2. The summed E-state index contributed by atoms with van der Waals surface area (Å²) in [5, 5.41) is 18.4. The van der Waals surface area contributed by atoms with E-state index in [0.717, 1.165) is 30.9 Å². The summed E-state index contributed by atoms with van der Waals surface area (Å²) < 4.78 is 22.5. The minimum Gasteiger partial charge on any atom is -0.507 e. The number of rotatable bonds is 2. The second-order valence-corrected chi connectivity index (χ2v) is 7.67. The molecule has 2 N–H and O–H groups in total. The molecule has 1 aromatic heterocycles. The van der Waals surface area contributed by atoms with Crippen LogP contribution in [0, 0.1) is 5.82 Å². The molecule has 1 saturated heterocycles. The Bertz CT molecular complexity index is 1040. The first-order valence-electron chi connectivity index (χ1n) is 9.54. The largest absolute Gasteiger partial charge is 0.507 e. The molecule has 0 bridgehead atoms. The highest BCUT2D eigenvalue weighted by Crippen LogP contribution is 2.46. The van der Waals surface area contributed by atoms with Gasteiger partial charge in [-0.15, -0.1) is 0 Å². The van der Waals surface area contributed by atoms with Crippen LogP contribution >= 0.6 is 11.6 Å². The van der Waals surface area contributed by atoms with Crippen molar-refractivity contribution >= 4 is 11.6 Å². The average Bonchev–Trinajstić information content (AvgIpc) is 3.17. The van der Waals surface area contributed by atoms with Crippen molar-refractivity contribution in [1.82, 2.24) is 20.0 Å². The molecule has 0 spiro atoms. The Morgan fingerprint density at radius 3 is 3.00 bits per heavy atom. The molecule has 1 fully saturated rings. The van der Waals surface area contributed by atoms with Crippen molar-refractivity contribution in [2.75, 3.05) is 26.2 Å². The molecule has 2 aliphatic heterocycles. The van der Waals surface area contributed by atoms with Crippen LogP contribution in [-0.4, -0.2) is 52.1 Å². The molecule has 6 nitrogen and oxygen atoms in total. The molecule has 1 atom stereocenters. The van der Waals surface area contributed by atoms with Gasteiger partial charge in [0, 0.05) is 49.7 Å². The molecule has 2 aliphatic rings. The van der Waals surface area contributed by atoms with E-state index in [2.05, 4.69) is 15.3 Å². The number of ether oxygens (including phenoxy) is 1. The van der Waals surface area contributed by atoms with Crippen LogP contribution in [0.15, 0.2) is 42.7 Å². The topological polar surface area (TPSA) is 62.6 Å². The first-order valence-corrected chi connectivity index (χ1v) is 9.92. The number of phenolic OH excluding ortho intramolecular Hbond substituents is 1. The Kier molecular flexibility index (Phi) is 4.66. The average molecular weight is 415 g/mol. The van der Waals surface area contributed by atoms with Crippen molar-refractivity contribution in [3.8, 4) is 28.3 Å². The first-order chi connectivity index (χ1) is 14.1. The predicted molar refractivity (Wildman–Crippen MR) is 108 cm³/mol. The summed E-state index contributed by atoms with van der Waals surface area (Å²) in [5.41, 5.74) is 2.10. The van der Waals surface area contributed by atoms with Crippen LogP contribution in [-0.2, 0) is 6.54 Å². The van der Waals surface area contributed by atoms with Crippen molar-refractivity contribution < 1.29 is 14.2 Å². The van der Waals surface area contributed by atoms with Crippen LogP contribution in [0.25, 0.3) is 16.8 Å². The van der Waals surface area contributed by atoms with E-state index in [4.69, 9.17) is 16.3 Å². The highest BCUT2D eigenvalue weighted by Gasteiger charge is 2.32. The van der Waals surface area contributed by atoms with Crippen molar-refractivity contribution in [1.29, 1.82) is 0 Å². The zero-order valence-corrected chi connectivity index (χ0v) is 16.4. The number of fused-ring (bicyclic) bond motifs is 2. The summed E-state index contributed by atoms with van der Waals surface area (Å²) in [4.78, 5) is 2.37. The van der Waals surface area contributed by atoms with Gasteiger partial charge in [0.05, 0.1) is 22.3 Å². The number of aromatic hydroxyl groups is 1. The Morgan fingerprint density at radius 2 is 2.21 bits per heavy atom. The molecule has 0 saturated carbocycles. The minimum absolute atomic E-state index is 0.0564. The number of benzene rings is 2. The molecule has 29 heavy (non-hydrogen) atoms. The van der Waals surface area contributed by atoms with Crippen LogP contribution in [0.5, 0.6) is 11.5 Å². The van der Waals surface area contributed by atoms with E-state index < -0.39 is 5.82 Å². The van der Waals surface area contributed by atoms with E-state index in [-0.39, 0.29) is 17.4 Å². The zero-order valence-electron chi connectivity index (χ0n) is 15.6. The Hall–Kier alpha value is -2.61. The number of halogens is 2. The van der Waals surface area contributed by atoms with Crippen LogP contribution in [0.1, 0.15) is 5.56 Å². The van der Waals surface area contributed by atoms with Gasteiger partial charge in [0.15, 0.2) is 0 Å². The van der Waals surface area contributed by atoms with Gasteiger partial charge in [-0.3, -0.25) is 4.90 Å². The standard InChI is InChI=1S/C21H20ClFN4O2/c22-20-14(19-16(23)3-1-4-18(19)28)9-17(27-7-2-5-25-27)15-11-26-8-6-24-10-13(26)12-29-21(15)20/h1-5,7,9,13,24,28H,6,8,10-12H2/t13-/m1/s1. The molecular formula is C21H20ClFN4O2. The number of hydrogen-bond donors (Lipinski definition) is 2. The van der Waals surface area contributed by atoms with E-state index in [1.165, 1.54) is 18.2 Å². The van der Waals surface area contributed by atoms with E-state index >= 15 is 0 Å². The van der Waals surface area contributed by atoms with E-state index in [0.29, 0.717) is 29.5 Å². The lowest BCUT2D eigenvalue weighted by atomic mass is 9.99. The normalized spacial score (nSPS) is 19.2. The summed E-state index contributed by atoms with van der Waals surface area (Å²) in [5.74, 6) is -0.200. The quantitative estimate of drug-likeness (QED) is 0.674. The van der Waals surface area contributed by atoms with E-state index in [1.807, 2.05) is 12.3 Å². The maximum Gasteiger partial charge on any atom is 0.145 e. The molecule has 5 rings (SSSR count). The maximum absolute atomic E-state index is 14.6. The first kappa shape index (κ1) is 18.4. The fraction of sp³-hybridized carbons (Fsp3) is 0.286. The summed E-state index contributed by atoms with van der Waals surface area (Å²) >= 11 is 6.74. The van der Waals surface area contributed by atoms with E-state index in [9.17, 15) is 9.50 Å². The highest BCUT2D eigenvalue weighted by molar-refractivity contribution is 6.35. The minimum atomic E-state index is -0.548. The molecule has 150 valence electrons. The van der Waals surface area contributed by atoms with Crippen molar-refractivity contribution in [2.24, 2.45) is 0 Å². The number of phenols is 1. The highest BCUT2D eigenvalue weighted by atomic mass is 35.5. The van der Waals surface area contributed by atoms with Gasteiger partial charge in [-0.1, -0.05) is 17.7 Å². The predicted octanol–water partition coefficient (Wildman–Crippen LogP) is 3.20. The summed E-state index contributed by atoms with van der Waals surface area (Å²) in [6.45, 7) is 3.78. The van der Waals surface area contributed by atoms with Gasteiger partial charge in [0.1, 0.15) is 23.9 Å². The van der Waals surface area contributed by atoms with Gasteiger partial charge in [-0.25, -0.2) is 9.07 Å². The molecular weight excluding hydrogens is 395 g/mol. The molecule has 0 amide bonds. The lowest BCUT2D eigenvalue weighted by Crippen LogP contribution is -2.52. The van der Waals surface area contributed by atoms with Gasteiger partial charge in [-0.05, 0) is 24.3 Å². The monoisotopic (exact) mass is 414 g/mol.